The first kappa shape index (κ1) is 18.1. The normalized spacial score (nSPS) is 17.6. The van der Waals surface area contributed by atoms with Crippen LogP contribution >= 0.6 is 0 Å². The lowest BCUT2D eigenvalue weighted by Crippen LogP contribution is -2.47. The molecule has 0 aromatic heterocycles. The van der Waals surface area contributed by atoms with Crippen LogP contribution in [0.4, 0.5) is 5.69 Å². The molecule has 3 rings (SSSR count). The zero-order valence-corrected chi connectivity index (χ0v) is 14.4. The molecule has 1 heterocycles. The fourth-order valence-electron chi connectivity index (χ4n) is 3.02. The number of nitrogens with one attached hydrogen (secondary N) is 1. The Morgan fingerprint density at radius 2 is 1.85 bits per heavy atom. The van der Waals surface area contributed by atoms with Gasteiger partial charge in [-0.05, 0) is 17.2 Å². The van der Waals surface area contributed by atoms with Crippen molar-refractivity contribution in [3.05, 3.63) is 65.7 Å². The maximum Gasteiger partial charge on any atom is 0.307 e. The third-order valence-corrected chi connectivity index (χ3v) is 4.31. The Hall–Kier alpha value is -2.70. The van der Waals surface area contributed by atoms with E-state index < -0.39 is 12.1 Å². The highest BCUT2D eigenvalue weighted by atomic mass is 16.5. The SMILES string of the molecule is O=C(O)Cc1ccccc1NC(=O)C1CN(Cc2ccccc2)CCO1. The topological polar surface area (TPSA) is 78.9 Å². The lowest BCUT2D eigenvalue weighted by Gasteiger charge is -2.32. The monoisotopic (exact) mass is 354 g/mol. The molecule has 0 saturated carbocycles. The molecule has 26 heavy (non-hydrogen) atoms. The summed E-state index contributed by atoms with van der Waals surface area (Å²) in [5, 5.41) is 11.8. The number of ether oxygens (including phenoxy) is 1. The number of hydrogen-bond acceptors (Lipinski definition) is 4. The van der Waals surface area contributed by atoms with E-state index in [1.165, 1.54) is 5.56 Å². The van der Waals surface area contributed by atoms with Gasteiger partial charge in [0.05, 0.1) is 13.0 Å². The number of para-hydroxylation sites is 1. The molecule has 0 bridgehead atoms. The number of carbonyl (C=O) groups is 2. The Labute approximate surface area is 152 Å². The van der Waals surface area contributed by atoms with Crippen LogP contribution in [0.25, 0.3) is 0 Å². The first-order valence-corrected chi connectivity index (χ1v) is 8.60. The Balaban J connectivity index is 1.62. The molecule has 2 N–H and O–H groups in total. The molecule has 0 radical (unpaired) electrons. The molecule has 1 fully saturated rings. The largest absolute Gasteiger partial charge is 0.481 e. The molecule has 1 unspecified atom stereocenters. The summed E-state index contributed by atoms with van der Waals surface area (Å²) in [4.78, 5) is 25.8. The van der Waals surface area contributed by atoms with Crippen molar-refractivity contribution >= 4 is 17.6 Å². The van der Waals surface area contributed by atoms with Crippen molar-refractivity contribution in [2.24, 2.45) is 0 Å². The van der Waals surface area contributed by atoms with Crippen molar-refractivity contribution in [2.75, 3.05) is 25.0 Å². The Kier molecular flexibility index (Phi) is 5.99. The molecular formula is C20H22N2O4. The molecule has 1 amide bonds. The molecule has 2 aromatic carbocycles. The number of aliphatic carboxylic acids is 1. The number of morpholine rings is 1. The van der Waals surface area contributed by atoms with Crippen molar-refractivity contribution in [1.82, 2.24) is 4.90 Å². The first-order chi connectivity index (χ1) is 12.6. The van der Waals surface area contributed by atoms with Gasteiger partial charge in [0.1, 0.15) is 6.10 Å². The lowest BCUT2D eigenvalue weighted by atomic mass is 10.1. The summed E-state index contributed by atoms with van der Waals surface area (Å²) in [7, 11) is 0. The van der Waals surface area contributed by atoms with Crippen LogP contribution in [0.5, 0.6) is 0 Å². The molecule has 0 spiro atoms. The third kappa shape index (κ3) is 4.91. The smallest absolute Gasteiger partial charge is 0.307 e. The van der Waals surface area contributed by atoms with Gasteiger partial charge in [-0.25, -0.2) is 0 Å². The van der Waals surface area contributed by atoms with Gasteiger partial charge in [-0.2, -0.15) is 0 Å². The van der Waals surface area contributed by atoms with Crippen LogP contribution in [0.3, 0.4) is 0 Å². The molecule has 1 aliphatic rings. The predicted molar refractivity (Wildman–Crippen MR) is 97.9 cm³/mol. The summed E-state index contributed by atoms with van der Waals surface area (Å²) in [6, 6.07) is 17.0. The van der Waals surface area contributed by atoms with Crippen LogP contribution in [-0.4, -0.2) is 47.7 Å². The van der Waals surface area contributed by atoms with Crippen molar-refractivity contribution < 1.29 is 19.4 Å². The molecule has 6 heteroatoms. The maximum atomic E-state index is 12.6. The highest BCUT2D eigenvalue weighted by Gasteiger charge is 2.27. The van der Waals surface area contributed by atoms with Gasteiger partial charge in [0.25, 0.3) is 5.91 Å². The molecule has 136 valence electrons. The molecule has 1 atom stereocenters. The van der Waals surface area contributed by atoms with Gasteiger partial charge >= 0.3 is 5.97 Å². The van der Waals surface area contributed by atoms with Gasteiger partial charge in [0.2, 0.25) is 0 Å². The molecule has 0 aliphatic carbocycles. The summed E-state index contributed by atoms with van der Waals surface area (Å²) in [5.74, 6) is -1.18. The lowest BCUT2D eigenvalue weighted by molar-refractivity contribution is -0.136. The van der Waals surface area contributed by atoms with E-state index in [1.807, 2.05) is 18.2 Å². The van der Waals surface area contributed by atoms with Crippen LogP contribution in [0.15, 0.2) is 54.6 Å². The highest BCUT2D eigenvalue weighted by molar-refractivity contribution is 5.95. The number of amides is 1. The van der Waals surface area contributed by atoms with E-state index in [0.717, 1.165) is 13.1 Å². The van der Waals surface area contributed by atoms with Crippen molar-refractivity contribution in [3.8, 4) is 0 Å². The van der Waals surface area contributed by atoms with Gasteiger partial charge in [0, 0.05) is 25.3 Å². The fourth-order valence-corrected chi connectivity index (χ4v) is 3.02. The Bertz CT molecular complexity index is 763. The van der Waals surface area contributed by atoms with Crippen LogP contribution in [0.2, 0.25) is 0 Å². The second-order valence-corrected chi connectivity index (χ2v) is 6.30. The van der Waals surface area contributed by atoms with Crippen LogP contribution < -0.4 is 5.32 Å². The predicted octanol–water partition coefficient (Wildman–Crippen LogP) is 2.15. The van der Waals surface area contributed by atoms with Crippen LogP contribution in [0, 0.1) is 0 Å². The summed E-state index contributed by atoms with van der Waals surface area (Å²) in [5.41, 5.74) is 2.29. The summed E-state index contributed by atoms with van der Waals surface area (Å²) in [6.45, 7) is 2.53. The average Bonchev–Trinajstić information content (AvgIpc) is 2.64. The van der Waals surface area contributed by atoms with E-state index >= 15 is 0 Å². The number of rotatable bonds is 6. The second kappa shape index (κ2) is 8.60. The highest BCUT2D eigenvalue weighted by Crippen LogP contribution is 2.18. The maximum absolute atomic E-state index is 12.6. The molecular weight excluding hydrogens is 332 g/mol. The van der Waals surface area contributed by atoms with Crippen molar-refractivity contribution in [1.29, 1.82) is 0 Å². The minimum absolute atomic E-state index is 0.137. The Morgan fingerprint density at radius 1 is 1.12 bits per heavy atom. The number of hydrogen-bond donors (Lipinski definition) is 2. The van der Waals surface area contributed by atoms with Gasteiger partial charge in [-0.3, -0.25) is 14.5 Å². The third-order valence-electron chi connectivity index (χ3n) is 4.31. The Morgan fingerprint density at radius 3 is 2.62 bits per heavy atom. The average molecular weight is 354 g/mol. The molecule has 1 saturated heterocycles. The van der Waals surface area contributed by atoms with Gasteiger partial charge in [-0.1, -0.05) is 48.5 Å². The number of anilines is 1. The minimum atomic E-state index is -0.936. The second-order valence-electron chi connectivity index (χ2n) is 6.30. The van der Waals surface area contributed by atoms with Gasteiger partial charge in [0.15, 0.2) is 0 Å². The van der Waals surface area contributed by atoms with Gasteiger partial charge in [-0.15, -0.1) is 0 Å². The van der Waals surface area contributed by atoms with E-state index in [1.54, 1.807) is 24.3 Å². The molecule has 6 nitrogen and oxygen atoms in total. The quantitative estimate of drug-likeness (QED) is 0.831. The zero-order valence-electron chi connectivity index (χ0n) is 14.4. The number of benzene rings is 2. The fraction of sp³-hybridized carbons (Fsp3) is 0.300. The van der Waals surface area contributed by atoms with Crippen molar-refractivity contribution in [2.45, 2.75) is 19.1 Å². The van der Waals surface area contributed by atoms with E-state index in [9.17, 15) is 9.59 Å². The van der Waals surface area contributed by atoms with E-state index in [-0.39, 0.29) is 12.3 Å². The van der Waals surface area contributed by atoms with Crippen LogP contribution in [0.1, 0.15) is 11.1 Å². The molecule has 1 aliphatic heterocycles. The summed E-state index contributed by atoms with van der Waals surface area (Å²) >= 11 is 0. The molecule has 2 aromatic rings. The van der Waals surface area contributed by atoms with Crippen molar-refractivity contribution in [3.63, 3.8) is 0 Å². The minimum Gasteiger partial charge on any atom is -0.481 e. The first-order valence-electron chi connectivity index (χ1n) is 8.60. The van der Waals surface area contributed by atoms with Gasteiger partial charge < -0.3 is 15.2 Å². The summed E-state index contributed by atoms with van der Waals surface area (Å²) in [6.07, 6.45) is -0.715. The van der Waals surface area contributed by atoms with E-state index in [2.05, 4.69) is 22.3 Å². The van der Waals surface area contributed by atoms with Crippen LogP contribution in [-0.2, 0) is 27.3 Å². The standard InChI is InChI=1S/C20H22N2O4/c23-19(24)12-16-8-4-5-9-17(16)21-20(25)18-14-22(10-11-26-18)13-15-6-2-1-3-7-15/h1-9,18H,10-14H2,(H,21,25)(H,23,24). The number of carboxylic acid groups (broad SMARTS) is 1. The zero-order chi connectivity index (χ0) is 18.4. The summed E-state index contributed by atoms with van der Waals surface area (Å²) < 4.78 is 5.63. The van der Waals surface area contributed by atoms with E-state index in [0.29, 0.717) is 24.4 Å². The number of nitrogens with zero attached hydrogens (tertiary/aromatic N) is 1. The number of carbonyl (C=O) groups excluding carboxylic acids is 1. The van der Waals surface area contributed by atoms with E-state index in [4.69, 9.17) is 9.84 Å². The number of carboxylic acids is 1.